The molecule has 0 spiro atoms. The first-order valence-electron chi connectivity index (χ1n) is 6.15. The van der Waals surface area contributed by atoms with E-state index in [-0.39, 0.29) is 0 Å². The molecule has 2 heterocycles. The van der Waals surface area contributed by atoms with Crippen LogP contribution in [0.4, 0.5) is 0 Å². The Morgan fingerprint density at radius 3 is 1.56 bits per heavy atom. The van der Waals surface area contributed by atoms with Crippen molar-refractivity contribution in [2.45, 2.75) is 0 Å². The van der Waals surface area contributed by atoms with Gasteiger partial charge in [0.1, 0.15) is 0 Å². The maximum Gasteiger partial charge on any atom is 0.219 e. The minimum atomic E-state index is 1.23. The second-order valence-electron chi connectivity index (χ2n) is 4.54. The quantitative estimate of drug-likeness (QED) is 0.320. The number of nitrogens with zero attached hydrogens (tertiary/aromatic N) is 1. The second-order valence-corrected chi connectivity index (χ2v) is 4.54. The van der Waals surface area contributed by atoms with E-state index >= 15 is 0 Å². The van der Waals surface area contributed by atoms with E-state index in [2.05, 4.69) is 77.2 Å². The molecule has 1 heteroatoms. The molecule has 0 atom stereocenters. The zero-order chi connectivity index (χ0) is 11.9. The van der Waals surface area contributed by atoms with Gasteiger partial charge in [0.15, 0.2) is 0 Å². The third-order valence-electron chi connectivity index (χ3n) is 3.48. The molecule has 4 rings (SSSR count). The lowest BCUT2D eigenvalue weighted by molar-refractivity contribution is -0.450. The third kappa shape index (κ3) is 1.25. The van der Waals surface area contributed by atoms with Gasteiger partial charge < -0.3 is 0 Å². The summed E-state index contributed by atoms with van der Waals surface area (Å²) in [7, 11) is 0. The number of rotatable bonds is 0. The average molecular weight is 230 g/mol. The van der Waals surface area contributed by atoms with E-state index in [9.17, 15) is 0 Å². The highest BCUT2D eigenvalue weighted by atomic mass is 14.9. The van der Waals surface area contributed by atoms with Crippen LogP contribution in [0.25, 0.3) is 27.3 Å². The highest BCUT2D eigenvalue weighted by molar-refractivity contribution is 5.83. The third-order valence-corrected chi connectivity index (χ3v) is 3.48. The smallest absolute Gasteiger partial charge is 0.153 e. The van der Waals surface area contributed by atoms with Crippen LogP contribution in [-0.4, -0.2) is 0 Å². The standard InChI is InChI=1S/C17H12N/c1-3-7-16-13(5-1)9-11-15-12-10-14-6-2-4-8-17(14)18(15)16/h1-12H/q+1. The van der Waals surface area contributed by atoms with Crippen LogP contribution in [0.2, 0.25) is 0 Å². The monoisotopic (exact) mass is 230 g/mol. The van der Waals surface area contributed by atoms with Gasteiger partial charge in [-0.1, -0.05) is 24.3 Å². The van der Waals surface area contributed by atoms with Crippen LogP contribution < -0.4 is 4.40 Å². The Balaban J connectivity index is 2.38. The summed E-state index contributed by atoms with van der Waals surface area (Å²) in [5.41, 5.74) is 3.74. The van der Waals surface area contributed by atoms with Crippen molar-refractivity contribution >= 4 is 27.3 Å². The molecule has 0 N–H and O–H groups in total. The molecule has 1 nitrogen and oxygen atoms in total. The van der Waals surface area contributed by atoms with Gasteiger partial charge in [-0.2, -0.15) is 4.40 Å². The van der Waals surface area contributed by atoms with E-state index in [1.807, 2.05) is 0 Å². The molecule has 18 heavy (non-hydrogen) atoms. The highest BCUT2D eigenvalue weighted by Crippen LogP contribution is 2.16. The molecule has 0 bridgehead atoms. The Morgan fingerprint density at radius 1 is 0.500 bits per heavy atom. The van der Waals surface area contributed by atoms with Crippen molar-refractivity contribution in [2.75, 3.05) is 0 Å². The van der Waals surface area contributed by atoms with Crippen molar-refractivity contribution < 1.29 is 4.40 Å². The van der Waals surface area contributed by atoms with Gasteiger partial charge in [0.05, 0.1) is 0 Å². The van der Waals surface area contributed by atoms with Gasteiger partial charge in [-0.3, -0.25) is 0 Å². The van der Waals surface area contributed by atoms with Gasteiger partial charge >= 0.3 is 0 Å². The fraction of sp³-hybridized carbons (Fsp3) is 0. The molecule has 0 saturated heterocycles. The maximum absolute atomic E-state index is 2.32. The lowest BCUT2D eigenvalue weighted by Gasteiger charge is -2.00. The van der Waals surface area contributed by atoms with Crippen LogP contribution in [0.3, 0.4) is 0 Å². The van der Waals surface area contributed by atoms with E-state index in [0.29, 0.717) is 0 Å². The molecule has 2 aromatic heterocycles. The molecule has 84 valence electrons. The van der Waals surface area contributed by atoms with Crippen LogP contribution in [0.15, 0.2) is 72.8 Å². The predicted molar refractivity (Wildman–Crippen MR) is 74.6 cm³/mol. The van der Waals surface area contributed by atoms with Gasteiger partial charge in [0.2, 0.25) is 16.6 Å². The zero-order valence-corrected chi connectivity index (χ0v) is 9.88. The van der Waals surface area contributed by atoms with E-state index < -0.39 is 0 Å². The van der Waals surface area contributed by atoms with Crippen molar-refractivity contribution in [3.63, 3.8) is 0 Å². The first-order valence-corrected chi connectivity index (χ1v) is 6.15. The highest BCUT2D eigenvalue weighted by Gasteiger charge is 2.12. The number of hydrogen-bond donors (Lipinski definition) is 0. The van der Waals surface area contributed by atoms with Crippen molar-refractivity contribution in [3.05, 3.63) is 72.8 Å². The minimum absolute atomic E-state index is 1.23. The predicted octanol–water partition coefficient (Wildman–Crippen LogP) is 3.73. The minimum Gasteiger partial charge on any atom is -0.153 e. The summed E-state index contributed by atoms with van der Waals surface area (Å²) < 4.78 is 2.32. The van der Waals surface area contributed by atoms with Gasteiger partial charge in [-0.25, -0.2) is 0 Å². The first-order chi connectivity index (χ1) is 8.93. The number of fused-ring (bicyclic) bond motifs is 5. The molecule has 0 aliphatic carbocycles. The van der Waals surface area contributed by atoms with Gasteiger partial charge in [-0.05, 0) is 24.3 Å². The van der Waals surface area contributed by atoms with Crippen molar-refractivity contribution in [2.24, 2.45) is 0 Å². The molecule has 0 aliphatic heterocycles. The summed E-state index contributed by atoms with van der Waals surface area (Å²) in [6.45, 7) is 0. The molecule has 2 aromatic carbocycles. The molecule has 0 aliphatic rings. The fourth-order valence-corrected chi connectivity index (χ4v) is 2.63. The normalized spacial score (nSPS) is 11.3. The lowest BCUT2D eigenvalue weighted by Crippen LogP contribution is -2.23. The molecular weight excluding hydrogens is 218 g/mol. The number of aromatic nitrogens is 1. The van der Waals surface area contributed by atoms with E-state index in [1.165, 1.54) is 27.3 Å². The first kappa shape index (κ1) is 9.60. The maximum atomic E-state index is 2.32. The molecular formula is C17H12N+. The van der Waals surface area contributed by atoms with E-state index in [0.717, 1.165) is 0 Å². The summed E-state index contributed by atoms with van der Waals surface area (Å²) in [5, 5.41) is 2.54. The average Bonchev–Trinajstić information content (AvgIpc) is 2.46. The van der Waals surface area contributed by atoms with Crippen molar-refractivity contribution in [1.82, 2.24) is 0 Å². The molecule has 0 radical (unpaired) electrons. The zero-order valence-electron chi connectivity index (χ0n) is 9.88. The van der Waals surface area contributed by atoms with Crippen LogP contribution in [-0.2, 0) is 0 Å². The van der Waals surface area contributed by atoms with Gasteiger partial charge in [-0.15, -0.1) is 0 Å². The Bertz CT molecular complexity index is 807. The summed E-state index contributed by atoms with van der Waals surface area (Å²) >= 11 is 0. The van der Waals surface area contributed by atoms with E-state index in [1.54, 1.807) is 0 Å². The van der Waals surface area contributed by atoms with Crippen LogP contribution >= 0.6 is 0 Å². The molecule has 0 saturated carbocycles. The molecule has 0 fully saturated rings. The Labute approximate surface area is 105 Å². The summed E-state index contributed by atoms with van der Waals surface area (Å²) in [4.78, 5) is 0. The molecule has 4 aromatic rings. The topological polar surface area (TPSA) is 4.10 Å². The second kappa shape index (κ2) is 3.54. The number of hydrogen-bond acceptors (Lipinski definition) is 0. The summed E-state index contributed by atoms with van der Waals surface area (Å²) in [5.74, 6) is 0. The van der Waals surface area contributed by atoms with Crippen LogP contribution in [0, 0.1) is 0 Å². The molecule has 0 amide bonds. The largest absolute Gasteiger partial charge is 0.219 e. The Hall–Kier alpha value is -2.41. The number of para-hydroxylation sites is 2. The fourth-order valence-electron chi connectivity index (χ4n) is 2.63. The summed E-state index contributed by atoms with van der Waals surface area (Å²) in [6, 6.07) is 25.7. The van der Waals surface area contributed by atoms with Crippen molar-refractivity contribution in [3.8, 4) is 0 Å². The number of benzene rings is 2. The lowest BCUT2D eigenvalue weighted by atomic mass is 10.1. The molecule has 0 unspecified atom stereocenters. The van der Waals surface area contributed by atoms with Crippen LogP contribution in [0.1, 0.15) is 0 Å². The summed E-state index contributed by atoms with van der Waals surface area (Å²) in [6.07, 6.45) is 0. The van der Waals surface area contributed by atoms with Crippen molar-refractivity contribution in [1.29, 1.82) is 0 Å². The van der Waals surface area contributed by atoms with E-state index in [4.69, 9.17) is 0 Å². The SMILES string of the molecule is c1ccc2c(c1)ccc1ccc3ccccc3[n+]12. The van der Waals surface area contributed by atoms with Gasteiger partial charge in [0, 0.05) is 35.0 Å². The van der Waals surface area contributed by atoms with Crippen LogP contribution in [0.5, 0.6) is 0 Å². The number of pyridine rings is 2. The van der Waals surface area contributed by atoms with Gasteiger partial charge in [0.25, 0.3) is 0 Å². The Morgan fingerprint density at radius 2 is 1.00 bits per heavy atom. The Kier molecular flexibility index (Phi) is 1.89.